The highest BCUT2D eigenvalue weighted by molar-refractivity contribution is 7.89. The van der Waals surface area contributed by atoms with Crippen LogP contribution in [0, 0.1) is 5.92 Å². The van der Waals surface area contributed by atoms with Gasteiger partial charge in [0.25, 0.3) is 0 Å². The van der Waals surface area contributed by atoms with Crippen molar-refractivity contribution in [2.45, 2.75) is 30.1 Å². The molecule has 6 nitrogen and oxygen atoms in total. The first-order chi connectivity index (χ1) is 13.5. The largest absolute Gasteiger partial charge is 0.481 e. The molecule has 0 aromatic heterocycles. The molecule has 2 aromatic carbocycles. The second kappa shape index (κ2) is 7.85. The van der Waals surface area contributed by atoms with E-state index in [0.717, 1.165) is 12.1 Å². The van der Waals surface area contributed by atoms with Gasteiger partial charge in [0.2, 0.25) is 16.1 Å². The lowest BCUT2D eigenvalue weighted by molar-refractivity contribution is -0.217. The van der Waals surface area contributed by atoms with Crippen LogP contribution in [0.5, 0.6) is 5.75 Å². The third kappa shape index (κ3) is 4.65. The molecule has 0 saturated heterocycles. The minimum absolute atomic E-state index is 0.0116. The van der Waals surface area contributed by atoms with Crippen molar-refractivity contribution in [2.24, 2.45) is 5.92 Å². The minimum atomic E-state index is -4.92. The van der Waals surface area contributed by atoms with Crippen LogP contribution in [0.1, 0.15) is 11.1 Å². The first-order valence-corrected chi connectivity index (χ1v) is 10.2. The van der Waals surface area contributed by atoms with Crippen molar-refractivity contribution >= 4 is 27.6 Å². The summed E-state index contributed by atoms with van der Waals surface area (Å²) in [4.78, 5) is 11.0. The van der Waals surface area contributed by atoms with E-state index >= 15 is 0 Å². The minimum Gasteiger partial charge on any atom is -0.481 e. The van der Waals surface area contributed by atoms with Crippen LogP contribution in [0.15, 0.2) is 47.4 Å². The number of ether oxygens (including phenoxy) is 1. The van der Waals surface area contributed by atoms with Crippen molar-refractivity contribution in [1.29, 1.82) is 0 Å². The smallest absolute Gasteiger partial charge is 0.426 e. The molecule has 2 atom stereocenters. The Morgan fingerprint density at radius 1 is 1.24 bits per heavy atom. The molecule has 1 heterocycles. The van der Waals surface area contributed by atoms with Crippen LogP contribution < -0.4 is 9.46 Å². The third-order valence-corrected chi connectivity index (χ3v) is 6.06. The molecule has 2 aromatic rings. The number of rotatable bonds is 5. The van der Waals surface area contributed by atoms with E-state index in [-0.39, 0.29) is 27.8 Å². The molecule has 11 heteroatoms. The van der Waals surface area contributed by atoms with Gasteiger partial charge in [0.15, 0.2) is 0 Å². The van der Waals surface area contributed by atoms with E-state index in [9.17, 15) is 26.4 Å². The van der Waals surface area contributed by atoms with Gasteiger partial charge in [-0.05, 0) is 29.7 Å². The van der Waals surface area contributed by atoms with Crippen molar-refractivity contribution in [3.8, 4) is 5.75 Å². The van der Waals surface area contributed by atoms with Gasteiger partial charge in [0.05, 0.1) is 9.92 Å². The van der Waals surface area contributed by atoms with Crippen molar-refractivity contribution in [1.82, 2.24) is 4.72 Å². The number of aliphatic carboxylic acids is 1. The van der Waals surface area contributed by atoms with Gasteiger partial charge in [-0.2, -0.15) is 13.2 Å². The highest BCUT2D eigenvalue weighted by Crippen LogP contribution is 2.43. The number of nitrogens with one attached hydrogen (secondary N) is 1. The number of sulfonamides is 1. The molecule has 0 radical (unpaired) electrons. The topological polar surface area (TPSA) is 92.7 Å². The monoisotopic (exact) mass is 449 g/mol. The van der Waals surface area contributed by atoms with Gasteiger partial charge >= 0.3 is 12.1 Å². The van der Waals surface area contributed by atoms with Crippen LogP contribution in [-0.2, 0) is 27.8 Å². The van der Waals surface area contributed by atoms with Crippen LogP contribution in [0.3, 0.4) is 0 Å². The summed E-state index contributed by atoms with van der Waals surface area (Å²) < 4.78 is 71.9. The molecular weight excluding hydrogens is 435 g/mol. The fraction of sp³-hybridized carbons (Fsp3) is 0.278. The molecule has 0 aliphatic carbocycles. The summed E-state index contributed by atoms with van der Waals surface area (Å²) in [6.07, 6.45) is -8.08. The maximum Gasteiger partial charge on any atom is 0.426 e. The standard InChI is InChI=1S/C18H15ClF3NO5S/c19-14-8-12(29(26,27)23-9-10-4-2-1-3-5-10)6-11-7-13(17(24)25)16(18(20,21)22)28-15(11)14/h1-6,8,13,16,23H,7,9H2,(H,24,25)/t13-,16+/m1/s1. The number of hydrogen-bond acceptors (Lipinski definition) is 4. The fourth-order valence-electron chi connectivity index (χ4n) is 2.98. The molecule has 0 fully saturated rings. The van der Waals surface area contributed by atoms with Gasteiger partial charge in [-0.1, -0.05) is 41.9 Å². The molecule has 156 valence electrons. The first kappa shape index (κ1) is 21.4. The lowest BCUT2D eigenvalue weighted by Crippen LogP contribution is -2.47. The molecule has 3 rings (SSSR count). The van der Waals surface area contributed by atoms with Crippen LogP contribution in [-0.4, -0.2) is 31.8 Å². The van der Waals surface area contributed by atoms with Gasteiger partial charge in [-0.25, -0.2) is 13.1 Å². The Kier molecular flexibility index (Phi) is 5.79. The van der Waals surface area contributed by atoms with Gasteiger partial charge in [-0.15, -0.1) is 0 Å². The van der Waals surface area contributed by atoms with Gasteiger partial charge in [-0.3, -0.25) is 4.79 Å². The zero-order valence-electron chi connectivity index (χ0n) is 14.6. The maximum absolute atomic E-state index is 13.2. The van der Waals surface area contributed by atoms with E-state index in [1.165, 1.54) is 0 Å². The van der Waals surface area contributed by atoms with Crippen LogP contribution in [0.4, 0.5) is 13.2 Å². The van der Waals surface area contributed by atoms with E-state index in [4.69, 9.17) is 21.4 Å². The van der Waals surface area contributed by atoms with E-state index in [2.05, 4.69) is 4.72 Å². The SMILES string of the molecule is O=C(O)[C@@H]1Cc2cc(S(=O)(=O)NCc3ccccc3)cc(Cl)c2O[C@@H]1C(F)(F)F. The normalized spacial score (nSPS) is 19.3. The van der Waals surface area contributed by atoms with Gasteiger partial charge < -0.3 is 9.84 Å². The molecule has 1 aliphatic rings. The Morgan fingerprint density at radius 2 is 1.90 bits per heavy atom. The Hall–Kier alpha value is -2.30. The predicted molar refractivity (Wildman–Crippen MR) is 97.2 cm³/mol. The van der Waals surface area contributed by atoms with E-state index < -0.39 is 40.6 Å². The Morgan fingerprint density at radius 3 is 2.48 bits per heavy atom. The predicted octanol–water partition coefficient (Wildman–Crippen LogP) is 3.39. The molecule has 0 amide bonds. The summed E-state index contributed by atoms with van der Waals surface area (Å²) >= 11 is 5.98. The summed E-state index contributed by atoms with van der Waals surface area (Å²) in [5.74, 6) is -3.99. The second-order valence-corrected chi connectivity index (χ2v) is 8.61. The number of alkyl halides is 3. The van der Waals surface area contributed by atoms with Gasteiger partial charge in [0, 0.05) is 6.54 Å². The van der Waals surface area contributed by atoms with Crippen molar-refractivity contribution in [2.75, 3.05) is 0 Å². The lowest BCUT2D eigenvalue weighted by atomic mass is 9.90. The maximum atomic E-state index is 13.2. The number of carboxylic acid groups (broad SMARTS) is 1. The molecule has 29 heavy (non-hydrogen) atoms. The highest BCUT2D eigenvalue weighted by Gasteiger charge is 2.52. The molecule has 0 saturated carbocycles. The average Bonchev–Trinajstić information content (AvgIpc) is 2.65. The molecule has 0 unspecified atom stereocenters. The molecule has 2 N–H and O–H groups in total. The van der Waals surface area contributed by atoms with Crippen LogP contribution >= 0.6 is 11.6 Å². The molecule has 1 aliphatic heterocycles. The van der Waals surface area contributed by atoms with E-state index in [1.807, 2.05) is 0 Å². The fourth-order valence-corrected chi connectivity index (χ4v) is 4.43. The molecule has 0 bridgehead atoms. The van der Waals surface area contributed by atoms with Crippen molar-refractivity contribution in [3.63, 3.8) is 0 Å². The Balaban J connectivity index is 1.92. The zero-order chi connectivity index (χ0) is 21.4. The lowest BCUT2D eigenvalue weighted by Gasteiger charge is -2.33. The van der Waals surface area contributed by atoms with E-state index in [0.29, 0.717) is 5.56 Å². The number of fused-ring (bicyclic) bond motifs is 1. The number of halogens is 4. The van der Waals surface area contributed by atoms with E-state index in [1.54, 1.807) is 30.3 Å². The summed E-state index contributed by atoms with van der Waals surface area (Å²) in [7, 11) is -4.05. The Bertz CT molecular complexity index is 1030. The van der Waals surface area contributed by atoms with Crippen molar-refractivity contribution < 1.29 is 36.2 Å². The van der Waals surface area contributed by atoms with Crippen LogP contribution in [0.2, 0.25) is 5.02 Å². The number of hydrogen-bond donors (Lipinski definition) is 2. The number of carboxylic acids is 1. The number of benzene rings is 2. The summed E-state index contributed by atoms with van der Waals surface area (Å²) in [6.45, 7) is -0.0116. The van der Waals surface area contributed by atoms with Gasteiger partial charge in [0.1, 0.15) is 11.7 Å². The number of carbonyl (C=O) groups is 1. The summed E-state index contributed by atoms with van der Waals surface area (Å²) in [5, 5.41) is 8.82. The Labute approximate surface area is 169 Å². The zero-order valence-corrected chi connectivity index (χ0v) is 16.2. The third-order valence-electron chi connectivity index (χ3n) is 4.40. The highest BCUT2D eigenvalue weighted by atomic mass is 35.5. The second-order valence-electron chi connectivity index (χ2n) is 6.43. The summed E-state index contributed by atoms with van der Waals surface area (Å²) in [6, 6.07) is 10.7. The molecular formula is C18H15ClF3NO5S. The quantitative estimate of drug-likeness (QED) is 0.730. The van der Waals surface area contributed by atoms with Crippen molar-refractivity contribution in [3.05, 3.63) is 58.6 Å². The average molecular weight is 450 g/mol. The molecule has 0 spiro atoms. The summed E-state index contributed by atoms with van der Waals surface area (Å²) in [5.41, 5.74) is 0.674. The first-order valence-electron chi connectivity index (χ1n) is 8.31. The van der Waals surface area contributed by atoms with Crippen LogP contribution in [0.25, 0.3) is 0 Å².